The fourth-order valence-electron chi connectivity index (χ4n) is 5.38. The second kappa shape index (κ2) is 14.9. The lowest BCUT2D eigenvalue weighted by atomic mass is 9.77. The van der Waals surface area contributed by atoms with E-state index in [1.165, 1.54) is 0 Å². The Balaban J connectivity index is 1.62. The SMILES string of the molecule is CC(C)C[C@H](NC(=O)[C@H](Cc1ccccc1)NC(=O)CNC(c1ccccc1)(c1ccccc1)c1ccccc1)C(N)=O. The Morgan fingerprint density at radius 1 is 0.651 bits per heavy atom. The monoisotopic (exact) mass is 576 g/mol. The molecule has 2 atom stereocenters. The Bertz CT molecular complexity index is 1370. The average molecular weight is 577 g/mol. The minimum Gasteiger partial charge on any atom is -0.368 e. The van der Waals surface area contributed by atoms with Gasteiger partial charge < -0.3 is 16.4 Å². The zero-order valence-electron chi connectivity index (χ0n) is 24.7. The molecule has 0 bridgehead atoms. The molecule has 4 rings (SSSR count). The van der Waals surface area contributed by atoms with Crippen LogP contribution in [0.5, 0.6) is 0 Å². The largest absolute Gasteiger partial charge is 0.368 e. The highest BCUT2D eigenvalue weighted by Crippen LogP contribution is 2.36. The fourth-order valence-corrected chi connectivity index (χ4v) is 5.38. The van der Waals surface area contributed by atoms with Gasteiger partial charge in [0.05, 0.1) is 12.1 Å². The first-order valence-corrected chi connectivity index (χ1v) is 14.6. The molecule has 7 nitrogen and oxygen atoms in total. The predicted molar refractivity (Wildman–Crippen MR) is 170 cm³/mol. The summed E-state index contributed by atoms with van der Waals surface area (Å²) in [7, 11) is 0. The summed E-state index contributed by atoms with van der Waals surface area (Å²) >= 11 is 0. The van der Waals surface area contributed by atoms with Gasteiger partial charge >= 0.3 is 0 Å². The molecule has 0 unspecified atom stereocenters. The molecule has 4 aromatic carbocycles. The third kappa shape index (κ3) is 8.17. The van der Waals surface area contributed by atoms with Gasteiger partial charge in [0.15, 0.2) is 0 Å². The minimum atomic E-state index is -0.912. The molecule has 0 spiro atoms. The van der Waals surface area contributed by atoms with Crippen LogP contribution in [0.25, 0.3) is 0 Å². The van der Waals surface area contributed by atoms with E-state index < -0.39 is 29.4 Å². The number of carbonyl (C=O) groups is 3. The summed E-state index contributed by atoms with van der Waals surface area (Å²) in [4.78, 5) is 39.2. The molecular weight excluding hydrogens is 536 g/mol. The van der Waals surface area contributed by atoms with Crippen LogP contribution in [0.2, 0.25) is 0 Å². The molecule has 0 aliphatic carbocycles. The lowest BCUT2D eigenvalue weighted by molar-refractivity contribution is -0.131. The van der Waals surface area contributed by atoms with E-state index in [9.17, 15) is 14.4 Å². The molecule has 0 fully saturated rings. The van der Waals surface area contributed by atoms with Gasteiger partial charge in [-0.2, -0.15) is 0 Å². The molecule has 0 aromatic heterocycles. The number of carbonyl (C=O) groups excluding carboxylic acids is 3. The normalized spacial score (nSPS) is 12.7. The summed E-state index contributed by atoms with van der Waals surface area (Å²) in [6.07, 6.45) is 0.662. The van der Waals surface area contributed by atoms with Gasteiger partial charge in [-0.3, -0.25) is 19.7 Å². The highest BCUT2D eigenvalue weighted by atomic mass is 16.2. The van der Waals surface area contributed by atoms with Crippen LogP contribution in [0, 0.1) is 5.92 Å². The highest BCUT2D eigenvalue weighted by molar-refractivity contribution is 5.92. The van der Waals surface area contributed by atoms with Crippen molar-refractivity contribution >= 4 is 17.7 Å². The van der Waals surface area contributed by atoms with Gasteiger partial charge in [0, 0.05) is 6.42 Å². The molecule has 0 aliphatic heterocycles. The first-order chi connectivity index (χ1) is 20.8. The van der Waals surface area contributed by atoms with E-state index in [4.69, 9.17) is 5.73 Å². The zero-order chi connectivity index (χ0) is 30.7. The molecular formula is C36H40N4O3. The maximum atomic E-state index is 13.6. The second-order valence-electron chi connectivity index (χ2n) is 11.1. The van der Waals surface area contributed by atoms with Gasteiger partial charge in [0.2, 0.25) is 17.7 Å². The number of primary amides is 1. The van der Waals surface area contributed by atoms with Crippen molar-refractivity contribution in [2.75, 3.05) is 6.54 Å². The van der Waals surface area contributed by atoms with E-state index in [1.54, 1.807) is 0 Å². The second-order valence-corrected chi connectivity index (χ2v) is 11.1. The molecule has 0 saturated carbocycles. The van der Waals surface area contributed by atoms with Crippen molar-refractivity contribution in [1.29, 1.82) is 0 Å². The summed E-state index contributed by atoms with van der Waals surface area (Å²) in [5, 5.41) is 9.26. The molecule has 0 heterocycles. The lowest BCUT2D eigenvalue weighted by Crippen LogP contribution is -2.56. The highest BCUT2D eigenvalue weighted by Gasteiger charge is 2.36. The van der Waals surface area contributed by atoms with Crippen LogP contribution < -0.4 is 21.7 Å². The van der Waals surface area contributed by atoms with Gasteiger partial charge in [0.1, 0.15) is 12.1 Å². The summed E-state index contributed by atoms with van der Waals surface area (Å²) in [6, 6.07) is 37.7. The van der Waals surface area contributed by atoms with Crippen molar-refractivity contribution in [2.24, 2.45) is 11.7 Å². The Kier molecular flexibility index (Phi) is 10.8. The van der Waals surface area contributed by atoms with Crippen molar-refractivity contribution < 1.29 is 14.4 Å². The predicted octanol–water partition coefficient (Wildman–Crippen LogP) is 4.31. The molecule has 7 heteroatoms. The van der Waals surface area contributed by atoms with Crippen LogP contribution in [-0.2, 0) is 26.3 Å². The molecule has 0 aliphatic rings. The Labute approximate surface area is 253 Å². The summed E-state index contributed by atoms with van der Waals surface area (Å²) in [5.41, 5.74) is 8.54. The van der Waals surface area contributed by atoms with E-state index in [0.29, 0.717) is 6.42 Å². The van der Waals surface area contributed by atoms with E-state index in [2.05, 4.69) is 16.0 Å². The topological polar surface area (TPSA) is 113 Å². The summed E-state index contributed by atoms with van der Waals surface area (Å²) in [6.45, 7) is 3.83. The van der Waals surface area contributed by atoms with Crippen molar-refractivity contribution in [3.05, 3.63) is 144 Å². The number of rotatable bonds is 14. The maximum absolute atomic E-state index is 13.6. The van der Waals surface area contributed by atoms with Gasteiger partial charge in [-0.25, -0.2) is 0 Å². The minimum absolute atomic E-state index is 0.0809. The van der Waals surface area contributed by atoms with Crippen LogP contribution in [0.1, 0.15) is 42.5 Å². The number of hydrogen-bond acceptors (Lipinski definition) is 4. The van der Waals surface area contributed by atoms with Crippen LogP contribution >= 0.6 is 0 Å². The number of nitrogens with two attached hydrogens (primary N) is 1. The maximum Gasteiger partial charge on any atom is 0.243 e. The van der Waals surface area contributed by atoms with Gasteiger partial charge in [-0.1, -0.05) is 135 Å². The third-order valence-electron chi connectivity index (χ3n) is 7.44. The molecule has 0 radical (unpaired) electrons. The third-order valence-corrected chi connectivity index (χ3v) is 7.44. The molecule has 0 saturated heterocycles. The number of amides is 3. The van der Waals surface area contributed by atoms with E-state index in [1.807, 2.05) is 135 Å². The van der Waals surface area contributed by atoms with Gasteiger partial charge in [-0.05, 0) is 34.6 Å². The quantitative estimate of drug-likeness (QED) is 0.168. The van der Waals surface area contributed by atoms with Crippen LogP contribution in [0.15, 0.2) is 121 Å². The van der Waals surface area contributed by atoms with E-state index in [0.717, 1.165) is 22.3 Å². The lowest BCUT2D eigenvalue weighted by Gasteiger charge is -2.37. The molecule has 3 amide bonds. The first kappa shape index (κ1) is 31.2. The zero-order valence-corrected chi connectivity index (χ0v) is 24.7. The first-order valence-electron chi connectivity index (χ1n) is 14.6. The van der Waals surface area contributed by atoms with Crippen molar-refractivity contribution in [2.45, 2.75) is 44.3 Å². The van der Waals surface area contributed by atoms with Crippen LogP contribution in [0.4, 0.5) is 0 Å². The van der Waals surface area contributed by atoms with Crippen molar-refractivity contribution in [3.63, 3.8) is 0 Å². The standard InChI is InChI=1S/C36H40N4O3/c1-26(2)23-31(34(37)42)40-35(43)32(24-27-15-7-3-8-16-27)39-33(41)25-38-36(28-17-9-4-10-18-28,29-19-11-5-12-20-29)30-21-13-6-14-22-30/h3-22,26,31-32,38H,23-25H2,1-2H3,(H2,37,42)(H,39,41)(H,40,43)/t31-,32-/m0/s1. The fraction of sp³-hybridized carbons (Fsp3) is 0.250. The smallest absolute Gasteiger partial charge is 0.243 e. The number of benzene rings is 4. The molecule has 4 aromatic rings. The van der Waals surface area contributed by atoms with E-state index in [-0.39, 0.29) is 24.8 Å². The molecule has 43 heavy (non-hydrogen) atoms. The van der Waals surface area contributed by atoms with Crippen LogP contribution in [-0.4, -0.2) is 36.3 Å². The van der Waals surface area contributed by atoms with Crippen molar-refractivity contribution in [3.8, 4) is 0 Å². The van der Waals surface area contributed by atoms with Crippen LogP contribution in [0.3, 0.4) is 0 Å². The summed E-state index contributed by atoms with van der Waals surface area (Å²) < 4.78 is 0. The van der Waals surface area contributed by atoms with Gasteiger partial charge in [-0.15, -0.1) is 0 Å². The Morgan fingerprint density at radius 3 is 1.51 bits per heavy atom. The Hall–Kier alpha value is -4.75. The number of hydrogen-bond donors (Lipinski definition) is 4. The summed E-state index contributed by atoms with van der Waals surface area (Å²) in [5.74, 6) is -1.28. The number of nitrogens with one attached hydrogen (secondary N) is 3. The molecule has 5 N–H and O–H groups in total. The van der Waals surface area contributed by atoms with Crippen molar-refractivity contribution in [1.82, 2.24) is 16.0 Å². The van der Waals surface area contributed by atoms with E-state index >= 15 is 0 Å². The molecule has 222 valence electrons. The Morgan fingerprint density at radius 2 is 1.09 bits per heavy atom. The van der Waals surface area contributed by atoms with Gasteiger partial charge in [0.25, 0.3) is 0 Å². The average Bonchev–Trinajstić information content (AvgIpc) is 3.02.